The Balaban J connectivity index is 1.38. The first-order valence-electron chi connectivity index (χ1n) is 13.8. The smallest absolute Gasteiger partial charge is 0.0594 e. The number of aliphatic hydroxyl groups is 2. The van der Waals surface area contributed by atoms with E-state index in [0.29, 0.717) is 27.6 Å². The molecular formula is C30H50O2. The van der Waals surface area contributed by atoms with Crippen molar-refractivity contribution >= 4 is 0 Å². The van der Waals surface area contributed by atoms with E-state index >= 15 is 0 Å². The second kappa shape index (κ2) is 6.87. The third-order valence-corrected chi connectivity index (χ3v) is 12.9. The van der Waals surface area contributed by atoms with E-state index in [1.807, 2.05) is 13.8 Å². The van der Waals surface area contributed by atoms with Gasteiger partial charge >= 0.3 is 0 Å². The number of fused-ring (bicyclic) bond motifs is 2. The van der Waals surface area contributed by atoms with Crippen LogP contribution in [0.2, 0.25) is 0 Å². The van der Waals surface area contributed by atoms with E-state index < -0.39 is 5.60 Å². The van der Waals surface area contributed by atoms with Crippen LogP contribution >= 0.6 is 0 Å². The Morgan fingerprint density at radius 1 is 0.875 bits per heavy atom. The maximum Gasteiger partial charge on any atom is 0.0594 e. The van der Waals surface area contributed by atoms with Crippen molar-refractivity contribution in [3.05, 3.63) is 12.2 Å². The predicted molar refractivity (Wildman–Crippen MR) is 132 cm³/mol. The molecule has 2 nitrogen and oxygen atoms in total. The summed E-state index contributed by atoms with van der Waals surface area (Å²) < 4.78 is 0. The lowest BCUT2D eigenvalue weighted by Crippen LogP contribution is -2.57. The van der Waals surface area contributed by atoms with Gasteiger partial charge in [-0.25, -0.2) is 0 Å². The van der Waals surface area contributed by atoms with Crippen LogP contribution in [0.5, 0.6) is 0 Å². The fourth-order valence-electron chi connectivity index (χ4n) is 10.9. The van der Waals surface area contributed by atoms with Crippen LogP contribution in [0.4, 0.5) is 0 Å². The second-order valence-corrected chi connectivity index (χ2v) is 14.8. The Morgan fingerprint density at radius 3 is 2.22 bits per heavy atom. The van der Waals surface area contributed by atoms with Gasteiger partial charge in [0.05, 0.1) is 11.7 Å². The summed E-state index contributed by atoms with van der Waals surface area (Å²) in [4.78, 5) is 0. The van der Waals surface area contributed by atoms with Gasteiger partial charge in [0.2, 0.25) is 0 Å². The summed E-state index contributed by atoms with van der Waals surface area (Å²) in [5, 5.41) is 21.0. The topological polar surface area (TPSA) is 40.5 Å². The molecule has 5 fully saturated rings. The molecule has 5 aliphatic carbocycles. The summed E-state index contributed by atoms with van der Waals surface area (Å²) in [5.41, 5.74) is 2.91. The third kappa shape index (κ3) is 2.84. The molecule has 0 bridgehead atoms. The molecule has 5 rings (SSSR count). The molecule has 0 heterocycles. The average Bonchev–Trinajstić information content (AvgIpc) is 3.27. The molecule has 0 aliphatic heterocycles. The molecule has 0 aromatic heterocycles. The summed E-state index contributed by atoms with van der Waals surface area (Å²) in [6, 6.07) is 0. The maximum atomic E-state index is 10.8. The first kappa shape index (κ1) is 23.4. The van der Waals surface area contributed by atoms with E-state index in [-0.39, 0.29) is 11.5 Å². The highest BCUT2D eigenvalue weighted by Gasteiger charge is 2.82. The van der Waals surface area contributed by atoms with Crippen LogP contribution in [0, 0.1) is 44.8 Å². The highest BCUT2D eigenvalue weighted by atomic mass is 16.3. The fraction of sp³-hybridized carbons (Fsp3) is 0.933. The minimum atomic E-state index is -0.564. The zero-order chi connectivity index (χ0) is 23.4. The highest BCUT2D eigenvalue weighted by molar-refractivity contribution is 5.31. The lowest BCUT2D eigenvalue weighted by Gasteiger charge is -2.63. The molecule has 5 aliphatic rings. The standard InChI is InChI=1S/C30H50O2/c1-20(9-8-14-25(2,3)32)21-12-15-28(7)23-11-10-22-26(4,5)24(31)13-16-29(22)19-30(23,29)18-17-27(21,28)6/h21-24,31-32H,1,8-19H2,2-7H3. The number of hydrogen-bond donors (Lipinski definition) is 2. The van der Waals surface area contributed by atoms with Crippen molar-refractivity contribution in [1.82, 2.24) is 0 Å². The van der Waals surface area contributed by atoms with Crippen molar-refractivity contribution in [3.63, 3.8) is 0 Å². The molecule has 2 spiro atoms. The van der Waals surface area contributed by atoms with Crippen LogP contribution in [0.1, 0.15) is 119 Å². The highest BCUT2D eigenvalue weighted by Crippen LogP contribution is 2.89. The van der Waals surface area contributed by atoms with Crippen molar-refractivity contribution < 1.29 is 10.2 Å². The normalized spacial score (nSPS) is 51.2. The molecule has 0 aromatic rings. The maximum absolute atomic E-state index is 10.8. The third-order valence-electron chi connectivity index (χ3n) is 12.9. The molecule has 0 radical (unpaired) electrons. The lowest BCUT2D eigenvalue weighted by atomic mass is 9.42. The molecule has 32 heavy (non-hydrogen) atoms. The molecule has 8 atom stereocenters. The SMILES string of the molecule is C=C(CCCC(C)(C)O)C1CCC2(C)C3CCC4C(C)(C)C(O)CCC45CC35CCC12C. The van der Waals surface area contributed by atoms with Gasteiger partial charge in [0.15, 0.2) is 0 Å². The Kier molecular flexibility index (Phi) is 5.02. The minimum absolute atomic E-state index is 0.0847. The summed E-state index contributed by atoms with van der Waals surface area (Å²) >= 11 is 0. The minimum Gasteiger partial charge on any atom is -0.393 e. The quantitative estimate of drug-likeness (QED) is 0.439. The lowest BCUT2D eigenvalue weighted by molar-refractivity contribution is -0.157. The van der Waals surface area contributed by atoms with Crippen LogP contribution in [0.15, 0.2) is 12.2 Å². The van der Waals surface area contributed by atoms with Crippen LogP contribution in [-0.2, 0) is 0 Å². The van der Waals surface area contributed by atoms with Gasteiger partial charge in [-0.05, 0) is 136 Å². The second-order valence-electron chi connectivity index (χ2n) is 14.8. The molecule has 8 unspecified atom stereocenters. The van der Waals surface area contributed by atoms with E-state index in [1.54, 1.807) is 0 Å². The predicted octanol–water partition coefficient (Wildman–Crippen LogP) is 7.28. The van der Waals surface area contributed by atoms with Gasteiger partial charge in [-0.15, -0.1) is 0 Å². The molecule has 0 saturated heterocycles. The molecule has 2 N–H and O–H groups in total. The van der Waals surface area contributed by atoms with Crippen molar-refractivity contribution in [1.29, 1.82) is 0 Å². The van der Waals surface area contributed by atoms with Crippen LogP contribution < -0.4 is 0 Å². The van der Waals surface area contributed by atoms with E-state index in [2.05, 4.69) is 34.3 Å². The number of allylic oxidation sites excluding steroid dienone is 1. The Morgan fingerprint density at radius 2 is 1.53 bits per heavy atom. The zero-order valence-electron chi connectivity index (χ0n) is 21.9. The number of rotatable bonds is 5. The number of aliphatic hydroxyl groups excluding tert-OH is 1. The van der Waals surface area contributed by atoms with Gasteiger partial charge in [0, 0.05) is 0 Å². The summed E-state index contributed by atoms with van der Waals surface area (Å²) in [6.45, 7) is 18.5. The van der Waals surface area contributed by atoms with Crippen molar-refractivity contribution in [3.8, 4) is 0 Å². The molecular weight excluding hydrogens is 392 g/mol. The van der Waals surface area contributed by atoms with E-state index in [9.17, 15) is 10.2 Å². The molecule has 182 valence electrons. The largest absolute Gasteiger partial charge is 0.393 e. The summed E-state index contributed by atoms with van der Waals surface area (Å²) in [5.74, 6) is 2.24. The first-order valence-corrected chi connectivity index (χ1v) is 13.8. The Hall–Kier alpha value is -0.340. The van der Waals surface area contributed by atoms with E-state index in [4.69, 9.17) is 0 Å². The molecule has 0 aromatic carbocycles. The zero-order valence-corrected chi connectivity index (χ0v) is 21.9. The van der Waals surface area contributed by atoms with Crippen molar-refractivity contribution in [2.24, 2.45) is 44.8 Å². The van der Waals surface area contributed by atoms with Crippen LogP contribution in [-0.4, -0.2) is 21.9 Å². The number of hydrogen-bond acceptors (Lipinski definition) is 2. The Bertz CT molecular complexity index is 791. The monoisotopic (exact) mass is 442 g/mol. The average molecular weight is 443 g/mol. The first-order chi connectivity index (χ1) is 14.7. The Labute approximate surface area is 197 Å². The van der Waals surface area contributed by atoms with E-state index in [1.165, 1.54) is 56.9 Å². The van der Waals surface area contributed by atoms with Gasteiger partial charge in [-0.1, -0.05) is 39.8 Å². The van der Waals surface area contributed by atoms with Crippen molar-refractivity contribution in [2.45, 2.75) is 130 Å². The summed E-state index contributed by atoms with van der Waals surface area (Å²) in [6.07, 6.45) is 14.8. The van der Waals surface area contributed by atoms with Gasteiger partial charge in [0.1, 0.15) is 0 Å². The van der Waals surface area contributed by atoms with Gasteiger partial charge in [0.25, 0.3) is 0 Å². The summed E-state index contributed by atoms with van der Waals surface area (Å²) in [7, 11) is 0. The van der Waals surface area contributed by atoms with Crippen LogP contribution in [0.3, 0.4) is 0 Å². The van der Waals surface area contributed by atoms with Gasteiger partial charge < -0.3 is 10.2 Å². The fourth-order valence-corrected chi connectivity index (χ4v) is 10.9. The van der Waals surface area contributed by atoms with Crippen molar-refractivity contribution in [2.75, 3.05) is 0 Å². The van der Waals surface area contributed by atoms with Crippen LogP contribution in [0.25, 0.3) is 0 Å². The van der Waals surface area contributed by atoms with E-state index in [0.717, 1.165) is 37.5 Å². The molecule has 5 saturated carbocycles. The van der Waals surface area contributed by atoms with Gasteiger partial charge in [-0.3, -0.25) is 0 Å². The molecule has 2 heteroatoms. The molecule has 0 amide bonds. The van der Waals surface area contributed by atoms with Gasteiger partial charge in [-0.2, -0.15) is 0 Å².